The van der Waals surface area contributed by atoms with Crippen LogP contribution in [-0.2, 0) is 0 Å². The van der Waals surface area contributed by atoms with Gasteiger partial charge in [0, 0.05) is 18.8 Å². The Hall–Kier alpha value is -1.53. The van der Waals surface area contributed by atoms with Gasteiger partial charge in [0.15, 0.2) is 0 Å². The van der Waals surface area contributed by atoms with E-state index in [1.54, 1.807) is 0 Å². The molecule has 0 saturated heterocycles. The molecule has 0 saturated carbocycles. The number of benzene rings is 1. The van der Waals surface area contributed by atoms with E-state index >= 15 is 0 Å². The number of rotatable bonds is 7. The predicted octanol–water partition coefficient (Wildman–Crippen LogP) is 2.71. The summed E-state index contributed by atoms with van der Waals surface area (Å²) in [7, 11) is 0. The van der Waals surface area contributed by atoms with Crippen LogP contribution in [0.3, 0.4) is 0 Å². The van der Waals surface area contributed by atoms with Gasteiger partial charge in [-0.3, -0.25) is 0 Å². The van der Waals surface area contributed by atoms with Crippen LogP contribution in [0.25, 0.3) is 0 Å². The zero-order valence-corrected chi connectivity index (χ0v) is 11.6. The molecule has 18 heavy (non-hydrogen) atoms. The Morgan fingerprint density at radius 1 is 1.39 bits per heavy atom. The fourth-order valence-electron chi connectivity index (χ4n) is 1.93. The van der Waals surface area contributed by atoms with E-state index in [-0.39, 0.29) is 6.04 Å². The van der Waals surface area contributed by atoms with Crippen molar-refractivity contribution in [1.29, 1.82) is 5.26 Å². The first-order chi connectivity index (χ1) is 8.71. The van der Waals surface area contributed by atoms with Crippen LogP contribution >= 0.6 is 0 Å². The number of anilines is 1. The minimum atomic E-state index is -0.106. The predicted molar refractivity (Wildman–Crippen MR) is 76.8 cm³/mol. The lowest BCUT2D eigenvalue weighted by molar-refractivity contribution is 0.582. The van der Waals surface area contributed by atoms with E-state index in [0.29, 0.717) is 0 Å². The largest absolute Gasteiger partial charge is 0.369 e. The highest BCUT2D eigenvalue weighted by Crippen LogP contribution is 2.15. The molecule has 0 aliphatic heterocycles. The van der Waals surface area contributed by atoms with Gasteiger partial charge >= 0.3 is 0 Å². The van der Waals surface area contributed by atoms with Crippen LogP contribution < -0.4 is 10.2 Å². The topological polar surface area (TPSA) is 39.1 Å². The molecule has 0 heterocycles. The van der Waals surface area contributed by atoms with Gasteiger partial charge in [-0.05, 0) is 44.5 Å². The highest BCUT2D eigenvalue weighted by molar-refractivity contribution is 5.48. The maximum atomic E-state index is 9.16. The highest BCUT2D eigenvalue weighted by atomic mass is 15.1. The molecule has 3 nitrogen and oxygen atoms in total. The van der Waals surface area contributed by atoms with E-state index in [1.165, 1.54) is 11.3 Å². The van der Waals surface area contributed by atoms with Gasteiger partial charge in [0.2, 0.25) is 0 Å². The molecule has 1 aromatic carbocycles. The molecular weight excluding hydrogens is 222 g/mol. The van der Waals surface area contributed by atoms with Gasteiger partial charge in [-0.2, -0.15) is 5.26 Å². The summed E-state index contributed by atoms with van der Waals surface area (Å²) >= 11 is 0. The molecule has 1 N–H and O–H groups in total. The third-order valence-corrected chi connectivity index (χ3v) is 2.95. The summed E-state index contributed by atoms with van der Waals surface area (Å²) in [5.41, 5.74) is 2.44. The lowest BCUT2D eigenvalue weighted by Gasteiger charge is -2.26. The summed E-state index contributed by atoms with van der Waals surface area (Å²) in [5, 5.41) is 12.4. The van der Waals surface area contributed by atoms with Gasteiger partial charge in [-0.15, -0.1) is 0 Å². The number of hydrogen-bond donors (Lipinski definition) is 1. The molecule has 1 aromatic rings. The number of nitrogens with one attached hydrogen (secondary N) is 1. The SMILES string of the molecule is CCCNC(C#N)CN(CC)c1cccc(C)c1. The van der Waals surface area contributed by atoms with Crippen molar-refractivity contribution in [2.24, 2.45) is 0 Å². The maximum Gasteiger partial charge on any atom is 0.113 e. The van der Waals surface area contributed by atoms with Crippen LogP contribution in [0.5, 0.6) is 0 Å². The molecule has 1 rings (SSSR count). The maximum absolute atomic E-state index is 9.16. The van der Waals surface area contributed by atoms with Gasteiger partial charge in [0.1, 0.15) is 6.04 Å². The van der Waals surface area contributed by atoms with Crippen LogP contribution in [0, 0.1) is 18.3 Å². The zero-order valence-electron chi connectivity index (χ0n) is 11.6. The minimum absolute atomic E-state index is 0.106. The molecule has 1 unspecified atom stereocenters. The standard InChI is InChI=1S/C15H23N3/c1-4-9-17-14(11-16)12-18(5-2)15-8-6-7-13(3)10-15/h6-8,10,14,17H,4-5,9,12H2,1-3H3. The molecule has 3 heteroatoms. The summed E-state index contributed by atoms with van der Waals surface area (Å²) in [4.78, 5) is 2.24. The Morgan fingerprint density at radius 3 is 2.72 bits per heavy atom. The van der Waals surface area contributed by atoms with Crippen molar-refractivity contribution < 1.29 is 0 Å². The van der Waals surface area contributed by atoms with E-state index in [1.807, 2.05) is 0 Å². The Morgan fingerprint density at radius 2 is 2.17 bits per heavy atom. The number of aryl methyl sites for hydroxylation is 1. The van der Waals surface area contributed by atoms with Crippen LogP contribution in [0.4, 0.5) is 5.69 Å². The molecule has 98 valence electrons. The normalized spacial score (nSPS) is 11.9. The molecule has 0 bridgehead atoms. The summed E-state index contributed by atoms with van der Waals surface area (Å²) in [5.74, 6) is 0. The van der Waals surface area contributed by atoms with Gasteiger partial charge < -0.3 is 10.2 Å². The van der Waals surface area contributed by atoms with Gasteiger partial charge in [-0.25, -0.2) is 0 Å². The Kier molecular flexibility index (Phi) is 6.24. The van der Waals surface area contributed by atoms with Crippen molar-refractivity contribution in [3.8, 4) is 6.07 Å². The molecule has 0 aromatic heterocycles. The molecule has 1 atom stereocenters. The van der Waals surface area contributed by atoms with Crippen molar-refractivity contribution in [3.63, 3.8) is 0 Å². The fraction of sp³-hybridized carbons (Fsp3) is 0.533. The summed E-state index contributed by atoms with van der Waals surface area (Å²) in [6.45, 7) is 8.86. The molecule has 0 radical (unpaired) electrons. The Balaban J connectivity index is 2.69. The Bertz CT molecular complexity index is 395. The number of nitriles is 1. The number of likely N-dealkylation sites (N-methyl/N-ethyl adjacent to an activating group) is 1. The third kappa shape index (κ3) is 4.38. The van der Waals surface area contributed by atoms with Crippen LogP contribution in [-0.4, -0.2) is 25.7 Å². The second-order valence-corrected chi connectivity index (χ2v) is 4.51. The number of nitrogens with zero attached hydrogens (tertiary/aromatic N) is 2. The van der Waals surface area contributed by atoms with Crippen molar-refractivity contribution in [1.82, 2.24) is 5.32 Å². The van der Waals surface area contributed by atoms with Gasteiger partial charge in [-0.1, -0.05) is 19.1 Å². The number of hydrogen-bond acceptors (Lipinski definition) is 3. The van der Waals surface area contributed by atoms with Crippen molar-refractivity contribution in [2.75, 3.05) is 24.5 Å². The second kappa shape index (κ2) is 7.73. The lowest BCUT2D eigenvalue weighted by atomic mass is 10.2. The first-order valence-electron chi connectivity index (χ1n) is 6.65. The quantitative estimate of drug-likeness (QED) is 0.803. The first-order valence-corrected chi connectivity index (χ1v) is 6.65. The molecular formula is C15H23N3. The fourth-order valence-corrected chi connectivity index (χ4v) is 1.93. The Labute approximate surface area is 110 Å². The lowest BCUT2D eigenvalue weighted by Crippen LogP contribution is -2.40. The average molecular weight is 245 g/mol. The smallest absolute Gasteiger partial charge is 0.113 e. The third-order valence-electron chi connectivity index (χ3n) is 2.95. The molecule has 0 spiro atoms. The highest BCUT2D eigenvalue weighted by Gasteiger charge is 2.12. The first kappa shape index (κ1) is 14.5. The van der Waals surface area contributed by atoms with Crippen LogP contribution in [0.2, 0.25) is 0 Å². The van der Waals surface area contributed by atoms with Crippen molar-refractivity contribution in [2.45, 2.75) is 33.2 Å². The van der Waals surface area contributed by atoms with E-state index in [0.717, 1.165) is 26.1 Å². The van der Waals surface area contributed by atoms with Crippen molar-refractivity contribution in [3.05, 3.63) is 29.8 Å². The second-order valence-electron chi connectivity index (χ2n) is 4.51. The monoisotopic (exact) mass is 245 g/mol. The zero-order chi connectivity index (χ0) is 13.4. The van der Waals surface area contributed by atoms with Gasteiger partial charge in [0.05, 0.1) is 6.07 Å². The van der Waals surface area contributed by atoms with Crippen LogP contribution in [0.15, 0.2) is 24.3 Å². The molecule has 0 fully saturated rings. The summed E-state index contributed by atoms with van der Waals surface area (Å²) < 4.78 is 0. The van der Waals surface area contributed by atoms with E-state index < -0.39 is 0 Å². The summed E-state index contributed by atoms with van der Waals surface area (Å²) in [6.07, 6.45) is 1.05. The molecule has 0 aliphatic carbocycles. The van der Waals surface area contributed by atoms with Crippen LogP contribution in [0.1, 0.15) is 25.8 Å². The summed E-state index contributed by atoms with van der Waals surface area (Å²) in [6, 6.07) is 10.6. The molecule has 0 amide bonds. The molecule has 0 aliphatic rings. The van der Waals surface area contributed by atoms with E-state index in [2.05, 4.69) is 61.3 Å². The van der Waals surface area contributed by atoms with Gasteiger partial charge in [0.25, 0.3) is 0 Å². The van der Waals surface area contributed by atoms with Crippen molar-refractivity contribution >= 4 is 5.69 Å². The van der Waals surface area contributed by atoms with E-state index in [4.69, 9.17) is 5.26 Å². The minimum Gasteiger partial charge on any atom is -0.369 e. The average Bonchev–Trinajstić information content (AvgIpc) is 2.39. The van der Waals surface area contributed by atoms with E-state index in [9.17, 15) is 0 Å².